The van der Waals surface area contributed by atoms with Crippen LogP contribution in [0.2, 0.25) is 0 Å². The Balaban J connectivity index is 3.17. The summed E-state index contributed by atoms with van der Waals surface area (Å²) >= 11 is 0. The molecule has 1 amide bonds. The number of carbonyl (C=O) groups excluding carboxylic acids is 1. The lowest BCUT2D eigenvalue weighted by molar-refractivity contribution is -0.124. The molecule has 0 saturated carbocycles. The zero-order valence-corrected chi connectivity index (χ0v) is 10.6. The quantitative estimate of drug-likeness (QED) is 0.784. The van der Waals surface area contributed by atoms with Gasteiger partial charge in [0.15, 0.2) is 0 Å². The van der Waals surface area contributed by atoms with E-state index in [1.807, 2.05) is 31.2 Å². The number of hydrogen-bond acceptors (Lipinski definition) is 3. The van der Waals surface area contributed by atoms with Gasteiger partial charge in [-0.05, 0) is 26.0 Å². The Hall–Kier alpha value is -1.55. The third-order valence-corrected chi connectivity index (χ3v) is 2.87. The van der Waals surface area contributed by atoms with Crippen molar-refractivity contribution in [1.29, 1.82) is 0 Å². The van der Waals surface area contributed by atoms with E-state index in [1.165, 1.54) is 0 Å². The standard InChI is InChI=1S/C13H20N2O2/c1-4-9-15-13(2,12(14)16)10-7-5-6-8-11(10)17-3/h5-8,15H,4,9H2,1-3H3,(H2,14,16). The van der Waals surface area contributed by atoms with E-state index in [2.05, 4.69) is 5.32 Å². The van der Waals surface area contributed by atoms with Crippen molar-refractivity contribution < 1.29 is 9.53 Å². The summed E-state index contributed by atoms with van der Waals surface area (Å²) in [5, 5.41) is 3.18. The highest BCUT2D eigenvalue weighted by molar-refractivity contribution is 5.86. The lowest BCUT2D eigenvalue weighted by atomic mass is 9.90. The first-order chi connectivity index (χ1) is 8.06. The Kier molecular flexibility index (Phi) is 4.52. The molecule has 3 N–H and O–H groups in total. The molecule has 0 aliphatic carbocycles. The van der Waals surface area contributed by atoms with Crippen LogP contribution in [-0.4, -0.2) is 19.6 Å². The molecule has 0 aliphatic heterocycles. The molecule has 0 heterocycles. The topological polar surface area (TPSA) is 64.3 Å². The van der Waals surface area contributed by atoms with Gasteiger partial charge in [-0.2, -0.15) is 0 Å². The van der Waals surface area contributed by atoms with Gasteiger partial charge in [0.25, 0.3) is 0 Å². The highest BCUT2D eigenvalue weighted by Gasteiger charge is 2.34. The van der Waals surface area contributed by atoms with E-state index >= 15 is 0 Å². The van der Waals surface area contributed by atoms with Gasteiger partial charge in [-0.3, -0.25) is 10.1 Å². The molecule has 4 nitrogen and oxygen atoms in total. The number of nitrogens with two attached hydrogens (primary N) is 1. The Bertz CT molecular complexity index is 393. The zero-order valence-electron chi connectivity index (χ0n) is 10.6. The van der Waals surface area contributed by atoms with Gasteiger partial charge in [0, 0.05) is 5.56 Å². The van der Waals surface area contributed by atoms with Crippen molar-refractivity contribution in [1.82, 2.24) is 5.32 Å². The van der Waals surface area contributed by atoms with Gasteiger partial charge >= 0.3 is 0 Å². The number of hydrogen-bond donors (Lipinski definition) is 2. The van der Waals surface area contributed by atoms with E-state index in [0.29, 0.717) is 5.75 Å². The van der Waals surface area contributed by atoms with Gasteiger partial charge in [0.1, 0.15) is 11.3 Å². The van der Waals surface area contributed by atoms with E-state index in [0.717, 1.165) is 18.5 Å². The minimum absolute atomic E-state index is 0.407. The van der Waals surface area contributed by atoms with Crippen LogP contribution < -0.4 is 15.8 Å². The van der Waals surface area contributed by atoms with Crippen molar-refractivity contribution >= 4 is 5.91 Å². The van der Waals surface area contributed by atoms with Crippen molar-refractivity contribution in [2.75, 3.05) is 13.7 Å². The highest BCUT2D eigenvalue weighted by Crippen LogP contribution is 2.29. The summed E-state index contributed by atoms with van der Waals surface area (Å²) in [5.74, 6) is 0.257. The summed E-state index contributed by atoms with van der Waals surface area (Å²) in [6.07, 6.45) is 0.929. The van der Waals surface area contributed by atoms with E-state index in [4.69, 9.17) is 10.5 Å². The van der Waals surface area contributed by atoms with Crippen molar-refractivity contribution in [3.63, 3.8) is 0 Å². The molecule has 0 saturated heterocycles. The molecular weight excluding hydrogens is 216 g/mol. The van der Waals surface area contributed by atoms with Crippen molar-refractivity contribution in [2.24, 2.45) is 5.73 Å². The number of ether oxygens (including phenoxy) is 1. The van der Waals surface area contributed by atoms with Crippen LogP contribution in [0.25, 0.3) is 0 Å². The molecule has 0 radical (unpaired) electrons. The molecule has 0 spiro atoms. The molecule has 1 aromatic carbocycles. The maximum absolute atomic E-state index is 11.7. The maximum Gasteiger partial charge on any atom is 0.242 e. The molecule has 1 aromatic rings. The first-order valence-corrected chi connectivity index (χ1v) is 5.74. The number of methoxy groups -OCH3 is 1. The summed E-state index contributed by atoms with van der Waals surface area (Å²) in [6.45, 7) is 4.54. The van der Waals surface area contributed by atoms with Crippen molar-refractivity contribution in [2.45, 2.75) is 25.8 Å². The van der Waals surface area contributed by atoms with Crippen LogP contribution in [0.5, 0.6) is 5.75 Å². The van der Waals surface area contributed by atoms with E-state index < -0.39 is 11.4 Å². The fourth-order valence-corrected chi connectivity index (χ4v) is 1.75. The molecule has 4 heteroatoms. The van der Waals surface area contributed by atoms with Crippen LogP contribution in [0.1, 0.15) is 25.8 Å². The van der Waals surface area contributed by atoms with Gasteiger partial charge in [-0.25, -0.2) is 0 Å². The average Bonchev–Trinajstić information content (AvgIpc) is 2.35. The Morgan fingerprint density at radius 2 is 2.12 bits per heavy atom. The van der Waals surface area contributed by atoms with Gasteiger partial charge in [0.2, 0.25) is 5.91 Å². The lowest BCUT2D eigenvalue weighted by Gasteiger charge is -2.29. The lowest BCUT2D eigenvalue weighted by Crippen LogP contribution is -2.50. The predicted molar refractivity (Wildman–Crippen MR) is 67.8 cm³/mol. The first-order valence-electron chi connectivity index (χ1n) is 5.74. The first kappa shape index (κ1) is 13.5. The predicted octanol–water partition coefficient (Wildman–Crippen LogP) is 1.40. The fourth-order valence-electron chi connectivity index (χ4n) is 1.75. The minimum atomic E-state index is -0.900. The number of carbonyl (C=O) groups is 1. The molecule has 1 unspecified atom stereocenters. The van der Waals surface area contributed by atoms with Crippen LogP contribution >= 0.6 is 0 Å². The van der Waals surface area contributed by atoms with Crippen LogP contribution in [0.15, 0.2) is 24.3 Å². The minimum Gasteiger partial charge on any atom is -0.496 e. The van der Waals surface area contributed by atoms with Crippen LogP contribution in [0, 0.1) is 0 Å². The molecule has 0 fully saturated rings. The normalized spacial score (nSPS) is 14.1. The second-order valence-electron chi connectivity index (χ2n) is 4.12. The molecule has 17 heavy (non-hydrogen) atoms. The monoisotopic (exact) mass is 236 g/mol. The van der Waals surface area contributed by atoms with Crippen LogP contribution in [0.4, 0.5) is 0 Å². The van der Waals surface area contributed by atoms with Gasteiger partial charge in [-0.15, -0.1) is 0 Å². The van der Waals surface area contributed by atoms with Crippen LogP contribution in [-0.2, 0) is 10.3 Å². The second kappa shape index (κ2) is 5.68. The molecule has 94 valence electrons. The third-order valence-electron chi connectivity index (χ3n) is 2.87. The molecular formula is C13H20N2O2. The molecule has 0 aromatic heterocycles. The molecule has 0 aliphatic rings. The number of nitrogens with one attached hydrogen (secondary N) is 1. The van der Waals surface area contributed by atoms with Crippen molar-refractivity contribution in [3.05, 3.63) is 29.8 Å². The second-order valence-corrected chi connectivity index (χ2v) is 4.12. The van der Waals surface area contributed by atoms with Crippen molar-refractivity contribution in [3.8, 4) is 5.75 Å². The van der Waals surface area contributed by atoms with Gasteiger partial charge in [0.05, 0.1) is 7.11 Å². The fraction of sp³-hybridized carbons (Fsp3) is 0.462. The molecule has 0 bridgehead atoms. The van der Waals surface area contributed by atoms with E-state index in [1.54, 1.807) is 14.0 Å². The summed E-state index contributed by atoms with van der Waals surface area (Å²) < 4.78 is 5.27. The number of benzene rings is 1. The smallest absolute Gasteiger partial charge is 0.242 e. The summed E-state index contributed by atoms with van der Waals surface area (Å²) in [7, 11) is 1.58. The Labute approximate surface area is 102 Å². The molecule has 1 rings (SSSR count). The number of rotatable bonds is 6. The Morgan fingerprint density at radius 3 is 2.65 bits per heavy atom. The highest BCUT2D eigenvalue weighted by atomic mass is 16.5. The van der Waals surface area contributed by atoms with Gasteiger partial charge in [-0.1, -0.05) is 25.1 Å². The third kappa shape index (κ3) is 2.77. The summed E-state index contributed by atoms with van der Waals surface area (Å²) in [5.41, 5.74) is 5.38. The summed E-state index contributed by atoms with van der Waals surface area (Å²) in [4.78, 5) is 11.7. The maximum atomic E-state index is 11.7. The van der Waals surface area contributed by atoms with E-state index in [9.17, 15) is 4.79 Å². The Morgan fingerprint density at radius 1 is 1.47 bits per heavy atom. The zero-order chi connectivity index (χ0) is 12.9. The molecule has 1 atom stereocenters. The largest absolute Gasteiger partial charge is 0.496 e. The number of amides is 1. The average molecular weight is 236 g/mol. The van der Waals surface area contributed by atoms with Crippen LogP contribution in [0.3, 0.4) is 0 Å². The number of primary amides is 1. The van der Waals surface area contributed by atoms with E-state index in [-0.39, 0.29) is 0 Å². The summed E-state index contributed by atoms with van der Waals surface area (Å²) in [6, 6.07) is 7.41. The number of para-hydroxylation sites is 1. The SMILES string of the molecule is CCCNC(C)(C(N)=O)c1ccccc1OC. The van der Waals surface area contributed by atoms with Gasteiger partial charge < -0.3 is 10.5 Å².